The van der Waals surface area contributed by atoms with Gasteiger partial charge in [-0.25, -0.2) is 14.2 Å². The van der Waals surface area contributed by atoms with Crippen LogP contribution in [0.3, 0.4) is 0 Å². The molecule has 0 spiro atoms. The van der Waals surface area contributed by atoms with Crippen LogP contribution in [0.15, 0.2) is 47.4 Å². The van der Waals surface area contributed by atoms with Crippen molar-refractivity contribution in [1.29, 1.82) is 0 Å². The predicted octanol–water partition coefficient (Wildman–Crippen LogP) is 2.43. The molecule has 2 aromatic carbocycles. The molecule has 1 aromatic heterocycles. The van der Waals surface area contributed by atoms with Crippen LogP contribution in [0.5, 0.6) is 0 Å². The second kappa shape index (κ2) is 4.82. The lowest BCUT2D eigenvalue weighted by atomic mass is 9.98. The molecule has 0 amide bonds. The Morgan fingerprint density at radius 2 is 1.90 bits per heavy atom. The molecule has 0 bridgehead atoms. The Hall–Kier alpha value is -3.02. The van der Waals surface area contributed by atoms with E-state index in [2.05, 4.69) is 9.97 Å². The highest BCUT2D eigenvalue weighted by molar-refractivity contribution is 6.00. The number of hydrogen-bond acceptors (Lipinski definition) is 3. The number of benzene rings is 2. The van der Waals surface area contributed by atoms with Gasteiger partial charge in [0.05, 0.1) is 22.8 Å². The number of aromatic carboxylic acids is 1. The number of nitrogens with zero attached hydrogens (tertiary/aromatic N) is 1. The molecule has 0 radical (unpaired) electrons. The molecule has 0 saturated carbocycles. The highest BCUT2D eigenvalue weighted by Crippen LogP contribution is 2.27. The molecule has 5 nitrogen and oxygen atoms in total. The van der Waals surface area contributed by atoms with Crippen LogP contribution in [0.4, 0.5) is 4.39 Å². The third kappa shape index (κ3) is 2.38. The third-order valence-electron chi connectivity index (χ3n) is 3.10. The number of aromatic nitrogens is 2. The van der Waals surface area contributed by atoms with Gasteiger partial charge >= 0.3 is 5.97 Å². The van der Waals surface area contributed by atoms with Crippen molar-refractivity contribution in [2.45, 2.75) is 0 Å². The number of rotatable bonds is 2. The number of H-pyrrole nitrogens is 1. The summed E-state index contributed by atoms with van der Waals surface area (Å²) >= 11 is 0. The summed E-state index contributed by atoms with van der Waals surface area (Å²) in [5.41, 5.74) is 1.38. The second-order valence-corrected chi connectivity index (χ2v) is 4.47. The third-order valence-corrected chi connectivity index (χ3v) is 3.10. The van der Waals surface area contributed by atoms with E-state index in [1.54, 1.807) is 0 Å². The number of carboxylic acids is 1. The minimum Gasteiger partial charge on any atom is -0.478 e. The standard InChI is InChI=1S/C15H9FN2O3/c16-9-3-1-8(2-4-9)10-5-13-12(6-11(10)15(20)21)17-7-14(19)18-13/h1-7H,(H,18,19)(H,20,21). The van der Waals surface area contributed by atoms with E-state index in [9.17, 15) is 19.1 Å². The summed E-state index contributed by atoms with van der Waals surface area (Å²) in [4.78, 5) is 29.2. The molecule has 2 N–H and O–H groups in total. The molecule has 21 heavy (non-hydrogen) atoms. The molecule has 0 unspecified atom stereocenters. The summed E-state index contributed by atoms with van der Waals surface area (Å²) in [5.74, 6) is -1.53. The van der Waals surface area contributed by atoms with Gasteiger partial charge in [-0.15, -0.1) is 0 Å². The van der Waals surface area contributed by atoms with Crippen molar-refractivity contribution < 1.29 is 14.3 Å². The van der Waals surface area contributed by atoms with Gasteiger partial charge < -0.3 is 10.1 Å². The summed E-state index contributed by atoms with van der Waals surface area (Å²) in [5, 5.41) is 9.32. The van der Waals surface area contributed by atoms with Crippen LogP contribution in [-0.2, 0) is 0 Å². The molecule has 3 aromatic rings. The van der Waals surface area contributed by atoms with Gasteiger partial charge in [0, 0.05) is 0 Å². The molecule has 0 saturated heterocycles. The molecule has 0 atom stereocenters. The minimum atomic E-state index is -1.12. The first-order chi connectivity index (χ1) is 10.0. The fourth-order valence-electron chi connectivity index (χ4n) is 2.13. The van der Waals surface area contributed by atoms with Crippen molar-refractivity contribution in [1.82, 2.24) is 9.97 Å². The molecule has 0 aliphatic rings. The molecule has 0 aliphatic carbocycles. The van der Waals surface area contributed by atoms with Crippen LogP contribution < -0.4 is 5.56 Å². The quantitative estimate of drug-likeness (QED) is 0.757. The summed E-state index contributed by atoms with van der Waals surface area (Å²) in [6, 6.07) is 8.37. The van der Waals surface area contributed by atoms with Crippen molar-refractivity contribution in [3.8, 4) is 11.1 Å². The van der Waals surface area contributed by atoms with E-state index in [0.717, 1.165) is 6.20 Å². The van der Waals surface area contributed by atoms with E-state index < -0.39 is 11.8 Å². The van der Waals surface area contributed by atoms with Crippen molar-refractivity contribution in [3.05, 3.63) is 64.3 Å². The lowest BCUT2D eigenvalue weighted by Gasteiger charge is -2.08. The second-order valence-electron chi connectivity index (χ2n) is 4.47. The van der Waals surface area contributed by atoms with Crippen molar-refractivity contribution >= 4 is 17.0 Å². The molecular weight excluding hydrogens is 275 g/mol. The maximum atomic E-state index is 13.0. The first-order valence-corrected chi connectivity index (χ1v) is 6.07. The first-order valence-electron chi connectivity index (χ1n) is 6.07. The number of fused-ring (bicyclic) bond motifs is 1. The van der Waals surface area contributed by atoms with Crippen LogP contribution in [0.1, 0.15) is 10.4 Å². The first kappa shape index (κ1) is 13.0. The van der Waals surface area contributed by atoms with Gasteiger partial charge in [-0.2, -0.15) is 0 Å². The smallest absolute Gasteiger partial charge is 0.336 e. The van der Waals surface area contributed by atoms with Gasteiger partial charge in [-0.05, 0) is 35.4 Å². The fourth-order valence-corrected chi connectivity index (χ4v) is 2.13. The van der Waals surface area contributed by atoms with Gasteiger partial charge in [0.2, 0.25) is 0 Å². The molecule has 104 valence electrons. The van der Waals surface area contributed by atoms with E-state index in [1.165, 1.54) is 36.4 Å². The van der Waals surface area contributed by atoms with Crippen molar-refractivity contribution in [3.63, 3.8) is 0 Å². The molecule has 6 heteroatoms. The molecule has 3 rings (SSSR count). The Labute approximate surface area is 117 Å². The Kier molecular flexibility index (Phi) is 2.98. The van der Waals surface area contributed by atoms with E-state index in [0.29, 0.717) is 22.2 Å². The summed E-state index contributed by atoms with van der Waals surface area (Å²) in [7, 11) is 0. The number of aromatic amines is 1. The summed E-state index contributed by atoms with van der Waals surface area (Å²) in [6.07, 6.45) is 1.09. The number of carboxylic acid groups (broad SMARTS) is 1. The monoisotopic (exact) mass is 284 g/mol. The van der Waals surface area contributed by atoms with Crippen LogP contribution in [-0.4, -0.2) is 21.0 Å². The zero-order valence-corrected chi connectivity index (χ0v) is 10.6. The predicted molar refractivity (Wildman–Crippen MR) is 74.7 cm³/mol. The Morgan fingerprint density at radius 3 is 2.57 bits per heavy atom. The largest absolute Gasteiger partial charge is 0.478 e. The zero-order chi connectivity index (χ0) is 15.0. The molecule has 0 aliphatic heterocycles. The topological polar surface area (TPSA) is 83.0 Å². The maximum Gasteiger partial charge on any atom is 0.336 e. The fraction of sp³-hybridized carbons (Fsp3) is 0. The van der Waals surface area contributed by atoms with Gasteiger partial charge in [0.25, 0.3) is 5.56 Å². The van der Waals surface area contributed by atoms with Crippen LogP contribution in [0, 0.1) is 5.82 Å². The van der Waals surface area contributed by atoms with Crippen molar-refractivity contribution in [2.24, 2.45) is 0 Å². The van der Waals surface area contributed by atoms with E-state index in [-0.39, 0.29) is 11.1 Å². The van der Waals surface area contributed by atoms with Crippen LogP contribution >= 0.6 is 0 Å². The van der Waals surface area contributed by atoms with Gasteiger partial charge in [-0.3, -0.25) is 4.79 Å². The van der Waals surface area contributed by atoms with E-state index in [4.69, 9.17) is 0 Å². The average molecular weight is 284 g/mol. The number of halogens is 1. The zero-order valence-electron chi connectivity index (χ0n) is 10.6. The number of nitrogens with one attached hydrogen (secondary N) is 1. The summed E-state index contributed by atoms with van der Waals surface area (Å²) in [6.45, 7) is 0. The van der Waals surface area contributed by atoms with Gasteiger partial charge in [-0.1, -0.05) is 12.1 Å². The van der Waals surface area contributed by atoms with Crippen LogP contribution in [0.25, 0.3) is 22.2 Å². The normalized spacial score (nSPS) is 10.7. The lowest BCUT2D eigenvalue weighted by Crippen LogP contribution is -2.07. The molecule has 1 heterocycles. The maximum absolute atomic E-state index is 13.0. The molecular formula is C15H9FN2O3. The Morgan fingerprint density at radius 1 is 1.19 bits per heavy atom. The van der Waals surface area contributed by atoms with E-state index in [1.807, 2.05) is 0 Å². The summed E-state index contributed by atoms with van der Waals surface area (Å²) < 4.78 is 13.0. The highest BCUT2D eigenvalue weighted by Gasteiger charge is 2.14. The van der Waals surface area contributed by atoms with Crippen molar-refractivity contribution in [2.75, 3.05) is 0 Å². The minimum absolute atomic E-state index is 0.0358. The number of hydrogen-bond donors (Lipinski definition) is 2. The van der Waals surface area contributed by atoms with Gasteiger partial charge in [0.1, 0.15) is 5.82 Å². The SMILES string of the molecule is O=C(O)c1cc2ncc(=O)[nH]c2cc1-c1ccc(F)cc1. The number of carbonyl (C=O) groups is 1. The Bertz CT molecular complexity index is 901. The van der Waals surface area contributed by atoms with Gasteiger partial charge in [0.15, 0.2) is 0 Å². The highest BCUT2D eigenvalue weighted by atomic mass is 19.1. The Balaban J connectivity index is 2.32. The van der Waals surface area contributed by atoms with E-state index >= 15 is 0 Å². The molecule has 0 fully saturated rings. The lowest BCUT2D eigenvalue weighted by molar-refractivity contribution is 0.0698. The average Bonchev–Trinajstić information content (AvgIpc) is 2.46. The van der Waals surface area contributed by atoms with Crippen LogP contribution in [0.2, 0.25) is 0 Å².